The maximum atomic E-state index is 12.4. The summed E-state index contributed by atoms with van der Waals surface area (Å²) in [4.78, 5) is 12.5. The minimum Gasteiger partial charge on any atom is -0.459 e. The second kappa shape index (κ2) is 8.26. The molecule has 8 heteroatoms. The lowest BCUT2D eigenvalue weighted by Gasteiger charge is -2.16. The van der Waals surface area contributed by atoms with Gasteiger partial charge in [-0.15, -0.1) is 0 Å². The number of hydrogen-bond donors (Lipinski definition) is 2. The number of amides is 1. The second-order valence-electron chi connectivity index (χ2n) is 7.10. The molecule has 3 aromatic rings. The van der Waals surface area contributed by atoms with E-state index in [4.69, 9.17) is 4.42 Å². The fraction of sp³-hybridized carbons (Fsp3) is 0.286. The van der Waals surface area contributed by atoms with Crippen molar-refractivity contribution in [1.82, 2.24) is 9.62 Å². The first-order valence-corrected chi connectivity index (χ1v) is 10.7. The van der Waals surface area contributed by atoms with E-state index in [1.165, 1.54) is 18.4 Å². The number of fused-ring (bicyclic) bond motifs is 1. The Morgan fingerprint density at radius 3 is 2.55 bits per heavy atom. The van der Waals surface area contributed by atoms with Crippen LogP contribution in [0.3, 0.4) is 0 Å². The number of anilines is 1. The Hall–Kier alpha value is -2.84. The van der Waals surface area contributed by atoms with E-state index >= 15 is 0 Å². The van der Waals surface area contributed by atoms with Crippen molar-refractivity contribution >= 4 is 32.6 Å². The van der Waals surface area contributed by atoms with Gasteiger partial charge in [0.25, 0.3) is 0 Å². The van der Waals surface area contributed by atoms with Gasteiger partial charge in [0.1, 0.15) is 11.3 Å². The van der Waals surface area contributed by atoms with E-state index in [0.29, 0.717) is 17.0 Å². The summed E-state index contributed by atoms with van der Waals surface area (Å²) in [6.07, 6.45) is 0. The molecule has 1 amide bonds. The predicted molar refractivity (Wildman–Crippen MR) is 113 cm³/mol. The molecule has 0 aliphatic heterocycles. The predicted octanol–water partition coefficient (Wildman–Crippen LogP) is 3.28. The fourth-order valence-corrected chi connectivity index (χ4v) is 4.09. The van der Waals surface area contributed by atoms with Crippen molar-refractivity contribution in [2.75, 3.05) is 26.0 Å². The summed E-state index contributed by atoms with van der Waals surface area (Å²) in [5.41, 5.74) is 1.98. The molecule has 0 aliphatic rings. The minimum atomic E-state index is -3.56. The number of aryl methyl sites for hydroxylation is 1. The highest BCUT2D eigenvalue weighted by atomic mass is 32.2. The molecule has 1 aromatic heterocycles. The molecule has 0 bridgehead atoms. The van der Waals surface area contributed by atoms with Crippen molar-refractivity contribution in [3.05, 3.63) is 59.9 Å². The van der Waals surface area contributed by atoms with Crippen LogP contribution in [0, 0.1) is 6.92 Å². The number of nitrogens with one attached hydrogen (secondary N) is 2. The van der Waals surface area contributed by atoms with E-state index in [0.717, 1.165) is 11.0 Å². The molecule has 0 fully saturated rings. The van der Waals surface area contributed by atoms with Crippen LogP contribution in [-0.2, 0) is 14.8 Å². The van der Waals surface area contributed by atoms with Gasteiger partial charge in [-0.25, -0.2) is 12.7 Å². The largest absolute Gasteiger partial charge is 0.459 e. The molecule has 2 aromatic carbocycles. The zero-order valence-corrected chi connectivity index (χ0v) is 17.7. The first kappa shape index (κ1) is 20.9. The highest BCUT2D eigenvalue weighted by Gasteiger charge is 2.20. The molecule has 29 heavy (non-hydrogen) atoms. The first-order chi connectivity index (χ1) is 13.7. The van der Waals surface area contributed by atoms with Crippen LogP contribution in [0.5, 0.6) is 0 Å². The quantitative estimate of drug-likeness (QED) is 0.618. The molecule has 0 aliphatic carbocycles. The monoisotopic (exact) mass is 415 g/mol. The molecule has 0 saturated heterocycles. The summed E-state index contributed by atoms with van der Waals surface area (Å²) in [5.74, 6) is 0.449. The van der Waals surface area contributed by atoms with Gasteiger partial charge in [-0.05, 0) is 43.7 Å². The normalized spacial score (nSPS) is 12.9. The van der Waals surface area contributed by atoms with Crippen molar-refractivity contribution in [2.45, 2.75) is 24.8 Å². The maximum Gasteiger partial charge on any atom is 0.242 e. The average Bonchev–Trinajstić information content (AvgIpc) is 3.11. The summed E-state index contributed by atoms with van der Waals surface area (Å²) >= 11 is 0. The summed E-state index contributed by atoms with van der Waals surface area (Å²) in [7, 11) is -0.580. The molecule has 2 N–H and O–H groups in total. The van der Waals surface area contributed by atoms with Crippen LogP contribution in [-0.4, -0.2) is 39.3 Å². The van der Waals surface area contributed by atoms with Crippen LogP contribution in [0.4, 0.5) is 5.69 Å². The molecule has 0 radical (unpaired) electrons. The number of rotatable bonds is 7. The number of nitrogens with zero attached hydrogens (tertiary/aromatic N) is 1. The van der Waals surface area contributed by atoms with Crippen LogP contribution in [0.25, 0.3) is 11.0 Å². The molecule has 0 unspecified atom stereocenters. The van der Waals surface area contributed by atoms with Gasteiger partial charge in [0.15, 0.2) is 0 Å². The molecule has 0 saturated carbocycles. The van der Waals surface area contributed by atoms with Crippen molar-refractivity contribution in [3.8, 4) is 0 Å². The number of carbonyl (C=O) groups excluding carboxylic acids is 1. The van der Waals surface area contributed by atoms with Crippen LogP contribution in [0.15, 0.2) is 57.8 Å². The summed E-state index contributed by atoms with van der Waals surface area (Å²) in [6.45, 7) is 3.60. The third-order valence-electron chi connectivity index (χ3n) is 4.65. The highest BCUT2D eigenvalue weighted by Crippen LogP contribution is 2.24. The Bertz CT molecular complexity index is 1100. The Morgan fingerprint density at radius 1 is 1.14 bits per heavy atom. The lowest BCUT2D eigenvalue weighted by Crippen LogP contribution is -2.32. The van der Waals surface area contributed by atoms with Gasteiger partial charge < -0.3 is 15.1 Å². The number of hydrogen-bond acceptors (Lipinski definition) is 5. The van der Waals surface area contributed by atoms with Gasteiger partial charge in [-0.3, -0.25) is 4.79 Å². The molecule has 1 heterocycles. The van der Waals surface area contributed by atoms with E-state index in [2.05, 4.69) is 10.6 Å². The summed E-state index contributed by atoms with van der Waals surface area (Å²) < 4.78 is 31.8. The number of benzene rings is 2. The van der Waals surface area contributed by atoms with E-state index in [-0.39, 0.29) is 23.4 Å². The number of para-hydroxylation sites is 1. The Morgan fingerprint density at radius 2 is 1.86 bits per heavy atom. The van der Waals surface area contributed by atoms with Crippen LogP contribution in [0.1, 0.15) is 24.3 Å². The Kier molecular flexibility index (Phi) is 5.95. The highest BCUT2D eigenvalue weighted by molar-refractivity contribution is 7.89. The van der Waals surface area contributed by atoms with Crippen LogP contribution in [0.2, 0.25) is 0 Å². The average molecular weight is 416 g/mol. The molecular formula is C21H25N3O4S. The Labute approximate surface area is 170 Å². The maximum absolute atomic E-state index is 12.4. The van der Waals surface area contributed by atoms with Crippen molar-refractivity contribution in [3.63, 3.8) is 0 Å². The molecule has 154 valence electrons. The van der Waals surface area contributed by atoms with E-state index in [1.54, 1.807) is 25.1 Å². The van der Waals surface area contributed by atoms with Gasteiger partial charge in [0, 0.05) is 25.2 Å². The van der Waals surface area contributed by atoms with E-state index < -0.39 is 10.0 Å². The standard InChI is InChI=1S/C21H25N3O4S/c1-14-9-10-17(12-20(14)29(26,27)24(3)4)22-13-21(25)23-15(2)19-11-16-7-5-6-8-18(16)28-19/h5-12,15,22H,13H2,1-4H3,(H,23,25)/t15-/m1/s1. The van der Waals surface area contributed by atoms with Crippen molar-refractivity contribution < 1.29 is 17.6 Å². The number of furan rings is 1. The second-order valence-corrected chi connectivity index (χ2v) is 9.22. The fourth-order valence-electron chi connectivity index (χ4n) is 2.95. The molecular weight excluding hydrogens is 390 g/mol. The zero-order chi connectivity index (χ0) is 21.2. The zero-order valence-electron chi connectivity index (χ0n) is 16.9. The van der Waals surface area contributed by atoms with Gasteiger partial charge in [0.05, 0.1) is 17.5 Å². The first-order valence-electron chi connectivity index (χ1n) is 9.23. The van der Waals surface area contributed by atoms with Crippen molar-refractivity contribution in [2.24, 2.45) is 0 Å². The molecule has 1 atom stereocenters. The molecule has 0 spiro atoms. The SMILES string of the molecule is Cc1ccc(NCC(=O)N[C@H](C)c2cc3ccccc3o2)cc1S(=O)(=O)N(C)C. The third-order valence-corrected chi connectivity index (χ3v) is 6.61. The third kappa shape index (κ3) is 4.60. The number of carbonyl (C=O) groups is 1. The number of sulfonamides is 1. The van der Waals surface area contributed by atoms with Gasteiger partial charge in [0.2, 0.25) is 15.9 Å². The topological polar surface area (TPSA) is 91.6 Å². The lowest BCUT2D eigenvalue weighted by molar-refractivity contribution is -0.120. The van der Waals surface area contributed by atoms with Crippen LogP contribution >= 0.6 is 0 Å². The van der Waals surface area contributed by atoms with Crippen molar-refractivity contribution in [1.29, 1.82) is 0 Å². The smallest absolute Gasteiger partial charge is 0.242 e. The van der Waals surface area contributed by atoms with Gasteiger partial charge in [-0.1, -0.05) is 24.3 Å². The van der Waals surface area contributed by atoms with Gasteiger partial charge >= 0.3 is 0 Å². The molecule has 3 rings (SSSR count). The van der Waals surface area contributed by atoms with Crippen LogP contribution < -0.4 is 10.6 Å². The van der Waals surface area contributed by atoms with E-state index in [9.17, 15) is 13.2 Å². The lowest BCUT2D eigenvalue weighted by atomic mass is 10.2. The van der Waals surface area contributed by atoms with E-state index in [1.807, 2.05) is 37.3 Å². The molecule has 7 nitrogen and oxygen atoms in total. The van der Waals surface area contributed by atoms with Gasteiger partial charge in [-0.2, -0.15) is 0 Å². The Balaban J connectivity index is 1.64. The summed E-state index contributed by atoms with van der Waals surface area (Å²) in [5, 5.41) is 6.84. The minimum absolute atomic E-state index is 0.00901. The summed E-state index contributed by atoms with van der Waals surface area (Å²) in [6, 6.07) is 14.3.